The first-order chi connectivity index (χ1) is 15.8. The third kappa shape index (κ3) is 5.14. The fourth-order valence-electron chi connectivity index (χ4n) is 4.43. The van der Waals surface area contributed by atoms with Gasteiger partial charge in [0.2, 0.25) is 0 Å². The Morgan fingerprint density at radius 2 is 1.58 bits per heavy atom. The first-order valence-corrected chi connectivity index (χ1v) is 11.6. The summed E-state index contributed by atoms with van der Waals surface area (Å²) in [5.74, 6) is -0.223. The molecule has 2 heterocycles. The lowest BCUT2D eigenvalue weighted by Crippen LogP contribution is -2.38. The summed E-state index contributed by atoms with van der Waals surface area (Å²) < 4.78 is 0. The molecule has 5 nitrogen and oxygen atoms in total. The van der Waals surface area contributed by atoms with Gasteiger partial charge in [0.15, 0.2) is 0 Å². The van der Waals surface area contributed by atoms with Crippen LogP contribution in [0.1, 0.15) is 64.2 Å². The molecule has 0 radical (unpaired) electrons. The van der Waals surface area contributed by atoms with Gasteiger partial charge in [0, 0.05) is 41.6 Å². The van der Waals surface area contributed by atoms with Crippen molar-refractivity contribution in [1.82, 2.24) is 15.2 Å². The predicted octanol–water partition coefficient (Wildman–Crippen LogP) is 5.31. The molecule has 0 bridgehead atoms. The van der Waals surface area contributed by atoms with Gasteiger partial charge >= 0.3 is 0 Å². The maximum atomic E-state index is 13.5. The largest absolute Gasteiger partial charge is 0.348 e. The van der Waals surface area contributed by atoms with Crippen LogP contribution in [0, 0.1) is 13.8 Å². The highest BCUT2D eigenvalue weighted by Crippen LogP contribution is 2.28. The quantitative estimate of drug-likeness (QED) is 0.584. The van der Waals surface area contributed by atoms with Crippen molar-refractivity contribution >= 4 is 11.8 Å². The summed E-state index contributed by atoms with van der Waals surface area (Å²) in [5, 5.41) is 2.97. The van der Waals surface area contributed by atoms with E-state index >= 15 is 0 Å². The maximum Gasteiger partial charge on any atom is 0.254 e. The molecule has 0 aliphatic carbocycles. The van der Waals surface area contributed by atoms with Gasteiger partial charge in [0.25, 0.3) is 11.8 Å². The monoisotopic (exact) mass is 441 g/mol. The van der Waals surface area contributed by atoms with Crippen LogP contribution in [-0.4, -0.2) is 33.8 Å². The van der Waals surface area contributed by atoms with Crippen LogP contribution in [-0.2, 0) is 6.54 Å². The summed E-state index contributed by atoms with van der Waals surface area (Å²) in [6, 6.07) is 17.9. The van der Waals surface area contributed by atoms with Gasteiger partial charge in [-0.3, -0.25) is 14.6 Å². The molecule has 1 aliphatic rings. The zero-order chi connectivity index (χ0) is 23.5. The molecule has 5 heteroatoms. The summed E-state index contributed by atoms with van der Waals surface area (Å²) in [6.45, 7) is 8.53. The minimum atomic E-state index is -0.207. The first-order valence-electron chi connectivity index (χ1n) is 11.6. The van der Waals surface area contributed by atoms with Crippen LogP contribution in [0.5, 0.6) is 0 Å². The van der Waals surface area contributed by atoms with Crippen molar-refractivity contribution in [2.45, 2.75) is 59.2 Å². The number of nitrogens with zero attached hydrogens (tertiary/aromatic N) is 2. The Morgan fingerprint density at radius 3 is 2.21 bits per heavy atom. The maximum absolute atomic E-state index is 13.5. The molecule has 1 saturated heterocycles. The van der Waals surface area contributed by atoms with E-state index in [9.17, 15) is 9.59 Å². The number of likely N-dealkylation sites (tertiary alicyclic amines) is 1. The Bertz CT molecular complexity index is 1140. The average Bonchev–Trinajstić information content (AvgIpc) is 3.16. The van der Waals surface area contributed by atoms with E-state index in [-0.39, 0.29) is 23.9 Å². The third-order valence-electron chi connectivity index (χ3n) is 6.44. The van der Waals surface area contributed by atoms with Crippen molar-refractivity contribution in [2.75, 3.05) is 0 Å². The zero-order valence-corrected chi connectivity index (χ0v) is 19.8. The summed E-state index contributed by atoms with van der Waals surface area (Å²) in [6.07, 6.45) is 3.77. The molecule has 1 aromatic heterocycles. The van der Waals surface area contributed by atoms with Gasteiger partial charge in [-0.1, -0.05) is 35.9 Å². The Morgan fingerprint density at radius 1 is 0.909 bits per heavy atom. The van der Waals surface area contributed by atoms with Crippen LogP contribution in [0.2, 0.25) is 0 Å². The number of benzene rings is 2. The Kier molecular flexibility index (Phi) is 6.59. The van der Waals surface area contributed by atoms with E-state index in [1.807, 2.05) is 67.3 Å². The van der Waals surface area contributed by atoms with E-state index in [2.05, 4.69) is 24.1 Å². The molecule has 170 valence electrons. The molecule has 2 atom stereocenters. The number of carbonyl (C=O) groups excluding carboxylic acids is 2. The van der Waals surface area contributed by atoms with E-state index in [1.165, 1.54) is 0 Å². The summed E-state index contributed by atoms with van der Waals surface area (Å²) >= 11 is 0. The van der Waals surface area contributed by atoms with Crippen LogP contribution in [0.4, 0.5) is 0 Å². The lowest BCUT2D eigenvalue weighted by molar-refractivity contribution is 0.0693. The zero-order valence-electron chi connectivity index (χ0n) is 19.8. The Balaban J connectivity index is 1.66. The van der Waals surface area contributed by atoms with E-state index in [0.717, 1.165) is 40.8 Å². The van der Waals surface area contributed by atoms with Crippen molar-refractivity contribution in [3.63, 3.8) is 0 Å². The van der Waals surface area contributed by atoms with Crippen molar-refractivity contribution < 1.29 is 9.59 Å². The molecule has 2 unspecified atom stereocenters. The van der Waals surface area contributed by atoms with Gasteiger partial charge in [0.1, 0.15) is 0 Å². The SMILES string of the molecule is Cc1ccc(-c2cc(C(=O)NCc3ccc(C)nc3)cc(C(=O)N3C(C)CCC3C)c2)cc1. The molecule has 1 N–H and O–H groups in total. The number of hydrogen-bond donors (Lipinski definition) is 1. The fourth-order valence-corrected chi connectivity index (χ4v) is 4.43. The van der Waals surface area contributed by atoms with Crippen LogP contribution < -0.4 is 5.32 Å². The number of aryl methyl sites for hydroxylation is 2. The normalized spacial score (nSPS) is 17.8. The standard InChI is InChI=1S/C28H31N3O2/c1-18-5-11-23(12-6-18)24-13-25(27(32)30-17-22-10-7-19(2)29-16-22)15-26(14-24)28(33)31-20(3)8-9-21(31)4/h5-7,10-16,20-21H,8-9,17H2,1-4H3,(H,30,32). The van der Waals surface area contributed by atoms with Gasteiger partial charge in [-0.2, -0.15) is 0 Å². The lowest BCUT2D eigenvalue weighted by Gasteiger charge is -2.27. The highest BCUT2D eigenvalue weighted by molar-refractivity contribution is 6.01. The number of hydrogen-bond acceptors (Lipinski definition) is 3. The molecule has 3 aromatic rings. The van der Waals surface area contributed by atoms with E-state index < -0.39 is 0 Å². The average molecular weight is 442 g/mol. The number of rotatable bonds is 5. The van der Waals surface area contributed by atoms with Gasteiger partial charge in [-0.25, -0.2) is 0 Å². The Hall–Kier alpha value is -3.47. The molecule has 33 heavy (non-hydrogen) atoms. The number of aromatic nitrogens is 1. The number of pyridine rings is 1. The summed E-state index contributed by atoms with van der Waals surface area (Å²) in [4.78, 5) is 32.8. The minimum Gasteiger partial charge on any atom is -0.348 e. The molecule has 0 spiro atoms. The molecular weight excluding hydrogens is 410 g/mol. The molecule has 2 aromatic carbocycles. The van der Waals surface area contributed by atoms with Crippen molar-refractivity contribution in [1.29, 1.82) is 0 Å². The van der Waals surface area contributed by atoms with Gasteiger partial charge in [-0.05, 0) is 81.5 Å². The summed E-state index contributed by atoms with van der Waals surface area (Å²) in [7, 11) is 0. The van der Waals surface area contributed by atoms with Gasteiger partial charge in [-0.15, -0.1) is 0 Å². The minimum absolute atomic E-state index is 0.0155. The molecular formula is C28H31N3O2. The van der Waals surface area contributed by atoms with E-state index in [4.69, 9.17) is 0 Å². The van der Waals surface area contributed by atoms with E-state index in [0.29, 0.717) is 17.7 Å². The topological polar surface area (TPSA) is 62.3 Å². The number of amides is 2. The molecule has 1 aliphatic heterocycles. The highest BCUT2D eigenvalue weighted by Gasteiger charge is 2.32. The smallest absolute Gasteiger partial charge is 0.254 e. The second-order valence-electron chi connectivity index (χ2n) is 9.14. The fraction of sp³-hybridized carbons (Fsp3) is 0.321. The first kappa shape index (κ1) is 22.7. The van der Waals surface area contributed by atoms with Crippen molar-refractivity contribution in [2.24, 2.45) is 0 Å². The molecule has 1 fully saturated rings. The summed E-state index contributed by atoms with van der Waals surface area (Å²) in [5.41, 5.74) is 5.91. The van der Waals surface area contributed by atoms with Crippen LogP contribution in [0.3, 0.4) is 0 Å². The number of nitrogens with one attached hydrogen (secondary N) is 1. The second kappa shape index (κ2) is 9.57. The lowest BCUT2D eigenvalue weighted by atomic mass is 9.97. The van der Waals surface area contributed by atoms with Crippen LogP contribution in [0.15, 0.2) is 60.8 Å². The van der Waals surface area contributed by atoms with Gasteiger partial charge < -0.3 is 10.2 Å². The predicted molar refractivity (Wildman–Crippen MR) is 131 cm³/mol. The molecule has 0 saturated carbocycles. The van der Waals surface area contributed by atoms with E-state index in [1.54, 1.807) is 12.3 Å². The third-order valence-corrected chi connectivity index (χ3v) is 6.44. The van der Waals surface area contributed by atoms with Crippen LogP contribution >= 0.6 is 0 Å². The van der Waals surface area contributed by atoms with Crippen LogP contribution in [0.25, 0.3) is 11.1 Å². The second-order valence-corrected chi connectivity index (χ2v) is 9.14. The van der Waals surface area contributed by atoms with Gasteiger partial charge in [0.05, 0.1) is 0 Å². The molecule has 4 rings (SSSR count). The molecule has 2 amide bonds. The van der Waals surface area contributed by atoms with Crippen molar-refractivity contribution in [3.05, 3.63) is 88.7 Å². The highest BCUT2D eigenvalue weighted by atomic mass is 16.2. The van der Waals surface area contributed by atoms with Crippen molar-refractivity contribution in [3.8, 4) is 11.1 Å². The number of carbonyl (C=O) groups is 2. The Labute approximate surface area is 195 Å².